The molecular weight excluding hydrogens is 444 g/mol. The van der Waals surface area contributed by atoms with Gasteiger partial charge in [-0.15, -0.1) is 0 Å². The van der Waals surface area contributed by atoms with E-state index in [1.165, 1.54) is 11.1 Å². The quantitative estimate of drug-likeness (QED) is 0.469. The Bertz CT molecular complexity index is 1220. The third kappa shape index (κ3) is 4.89. The molecule has 1 saturated carbocycles. The Balaban J connectivity index is 1.12. The van der Waals surface area contributed by atoms with E-state index in [0.717, 1.165) is 16.7 Å². The van der Waals surface area contributed by atoms with Crippen LogP contribution in [0.15, 0.2) is 72.8 Å². The van der Waals surface area contributed by atoms with E-state index >= 15 is 0 Å². The van der Waals surface area contributed by atoms with Crippen LogP contribution in [0.3, 0.4) is 0 Å². The highest BCUT2D eigenvalue weighted by atomic mass is 16.5. The first-order valence-electron chi connectivity index (χ1n) is 11.7. The van der Waals surface area contributed by atoms with Crippen LogP contribution < -0.4 is 10.6 Å². The monoisotopic (exact) mass is 470 g/mol. The fourth-order valence-corrected chi connectivity index (χ4v) is 4.86. The summed E-state index contributed by atoms with van der Waals surface area (Å²) in [4.78, 5) is 35.5. The number of rotatable bonds is 7. The number of nitrogens with one attached hydrogen (secondary N) is 2. The van der Waals surface area contributed by atoms with E-state index in [0.29, 0.717) is 18.5 Å². The zero-order valence-corrected chi connectivity index (χ0v) is 19.1. The smallest absolute Gasteiger partial charge is 0.411 e. The molecule has 3 N–H and O–H groups in total. The summed E-state index contributed by atoms with van der Waals surface area (Å²) in [6.07, 6.45) is 0.614. The second-order valence-corrected chi connectivity index (χ2v) is 9.10. The van der Waals surface area contributed by atoms with Crippen LogP contribution in [0.4, 0.5) is 10.5 Å². The predicted molar refractivity (Wildman–Crippen MR) is 131 cm³/mol. The molecule has 35 heavy (non-hydrogen) atoms. The lowest BCUT2D eigenvalue weighted by molar-refractivity contribution is -0.146. The maximum absolute atomic E-state index is 12.5. The Morgan fingerprint density at radius 2 is 1.46 bits per heavy atom. The van der Waals surface area contributed by atoms with Gasteiger partial charge in [-0.05, 0) is 52.8 Å². The van der Waals surface area contributed by atoms with Gasteiger partial charge in [-0.1, -0.05) is 60.7 Å². The molecule has 0 unspecified atom stereocenters. The summed E-state index contributed by atoms with van der Waals surface area (Å²) >= 11 is 0. The standard InChI is InChI=1S/C28H26N2O5/c31-26(29-20-14-18(15-20)27(32)33)13-17-9-11-19(12-10-17)30-28(34)35-16-25-23-7-3-1-5-21(23)22-6-2-4-8-24(22)25/h1-12,18,20,25H,13-16H2,(H,29,31)(H,30,34)(H,32,33). The van der Waals surface area contributed by atoms with E-state index in [2.05, 4.69) is 34.9 Å². The molecule has 7 heteroatoms. The molecular formula is C28H26N2O5. The maximum atomic E-state index is 12.5. The Morgan fingerprint density at radius 1 is 0.857 bits per heavy atom. The molecule has 0 atom stereocenters. The van der Waals surface area contributed by atoms with Gasteiger partial charge in [0, 0.05) is 17.6 Å². The lowest BCUT2D eigenvalue weighted by atomic mass is 9.80. The molecule has 7 nitrogen and oxygen atoms in total. The number of hydrogen-bond donors (Lipinski definition) is 3. The van der Waals surface area contributed by atoms with Crippen LogP contribution in [0.5, 0.6) is 0 Å². The fourth-order valence-electron chi connectivity index (χ4n) is 4.86. The molecule has 0 aromatic heterocycles. The van der Waals surface area contributed by atoms with Crippen LogP contribution in [-0.4, -0.2) is 35.7 Å². The van der Waals surface area contributed by atoms with Crippen molar-refractivity contribution < 1.29 is 24.2 Å². The van der Waals surface area contributed by atoms with Gasteiger partial charge in [0.25, 0.3) is 0 Å². The Hall–Kier alpha value is -4.13. The van der Waals surface area contributed by atoms with Crippen molar-refractivity contribution in [1.82, 2.24) is 5.32 Å². The molecule has 5 rings (SSSR count). The zero-order chi connectivity index (χ0) is 24.4. The molecule has 3 aromatic carbocycles. The Morgan fingerprint density at radius 3 is 2.06 bits per heavy atom. The molecule has 0 saturated heterocycles. The SMILES string of the molecule is O=C(Cc1ccc(NC(=O)OCC2c3ccccc3-c3ccccc32)cc1)NC1CC(C(=O)O)C1. The summed E-state index contributed by atoms with van der Waals surface area (Å²) < 4.78 is 5.57. The van der Waals surface area contributed by atoms with Crippen LogP contribution in [0.1, 0.15) is 35.4 Å². The molecule has 2 aliphatic carbocycles. The highest BCUT2D eigenvalue weighted by molar-refractivity contribution is 5.85. The second kappa shape index (κ2) is 9.62. The highest BCUT2D eigenvalue weighted by Crippen LogP contribution is 2.44. The normalized spacial score (nSPS) is 18.1. The first kappa shape index (κ1) is 22.7. The minimum absolute atomic E-state index is 0.00418. The highest BCUT2D eigenvalue weighted by Gasteiger charge is 2.35. The number of carboxylic acid groups (broad SMARTS) is 1. The van der Waals surface area contributed by atoms with Crippen molar-refractivity contribution in [2.75, 3.05) is 11.9 Å². The molecule has 2 amide bonds. The molecule has 0 heterocycles. The number of carboxylic acids is 1. The third-order valence-corrected chi connectivity index (χ3v) is 6.76. The molecule has 0 aliphatic heterocycles. The van der Waals surface area contributed by atoms with Gasteiger partial charge in [0.1, 0.15) is 6.61 Å². The van der Waals surface area contributed by atoms with Crippen LogP contribution in [0, 0.1) is 5.92 Å². The molecule has 0 radical (unpaired) electrons. The van der Waals surface area contributed by atoms with Gasteiger partial charge >= 0.3 is 12.1 Å². The number of aliphatic carboxylic acids is 1. The second-order valence-electron chi connectivity index (χ2n) is 9.10. The molecule has 2 aliphatic rings. The van der Waals surface area contributed by atoms with Crippen LogP contribution >= 0.6 is 0 Å². The van der Waals surface area contributed by atoms with Crippen LogP contribution in [0.25, 0.3) is 11.1 Å². The van der Waals surface area contributed by atoms with Crippen molar-refractivity contribution in [2.24, 2.45) is 5.92 Å². The van der Waals surface area contributed by atoms with Crippen molar-refractivity contribution in [3.8, 4) is 11.1 Å². The minimum atomic E-state index is -0.810. The first-order valence-corrected chi connectivity index (χ1v) is 11.7. The molecule has 0 bridgehead atoms. The number of carbonyl (C=O) groups is 3. The van der Waals surface area contributed by atoms with Gasteiger partial charge in [-0.2, -0.15) is 0 Å². The molecule has 1 fully saturated rings. The summed E-state index contributed by atoms with van der Waals surface area (Å²) in [5, 5.41) is 14.5. The van der Waals surface area contributed by atoms with Crippen LogP contribution in [-0.2, 0) is 20.7 Å². The van der Waals surface area contributed by atoms with E-state index in [4.69, 9.17) is 9.84 Å². The van der Waals surface area contributed by atoms with E-state index in [-0.39, 0.29) is 36.8 Å². The van der Waals surface area contributed by atoms with E-state index in [1.54, 1.807) is 24.3 Å². The lowest BCUT2D eigenvalue weighted by Crippen LogP contribution is -2.47. The summed E-state index contributed by atoms with van der Waals surface area (Å²) in [6, 6.07) is 23.3. The average molecular weight is 471 g/mol. The van der Waals surface area contributed by atoms with Gasteiger partial charge < -0.3 is 15.2 Å². The fraction of sp³-hybridized carbons (Fsp3) is 0.250. The van der Waals surface area contributed by atoms with Crippen LogP contribution in [0.2, 0.25) is 0 Å². The number of hydrogen-bond acceptors (Lipinski definition) is 4. The third-order valence-electron chi connectivity index (χ3n) is 6.76. The van der Waals surface area contributed by atoms with Gasteiger partial charge in [-0.3, -0.25) is 14.9 Å². The van der Waals surface area contributed by atoms with Crippen molar-refractivity contribution in [3.63, 3.8) is 0 Å². The Kier molecular flexibility index (Phi) is 6.23. The van der Waals surface area contributed by atoms with Crippen molar-refractivity contribution in [3.05, 3.63) is 89.5 Å². The van der Waals surface area contributed by atoms with E-state index in [1.807, 2.05) is 24.3 Å². The minimum Gasteiger partial charge on any atom is -0.481 e. The van der Waals surface area contributed by atoms with E-state index in [9.17, 15) is 14.4 Å². The van der Waals surface area contributed by atoms with Crippen molar-refractivity contribution in [1.29, 1.82) is 0 Å². The average Bonchev–Trinajstić information content (AvgIpc) is 3.14. The largest absolute Gasteiger partial charge is 0.481 e. The summed E-state index contributed by atoms with van der Waals surface area (Å²) in [5.74, 6) is -1.31. The summed E-state index contributed by atoms with van der Waals surface area (Å²) in [7, 11) is 0. The molecule has 3 aromatic rings. The van der Waals surface area contributed by atoms with Crippen molar-refractivity contribution in [2.45, 2.75) is 31.2 Å². The van der Waals surface area contributed by atoms with Gasteiger partial charge in [0.05, 0.1) is 12.3 Å². The van der Waals surface area contributed by atoms with Gasteiger partial charge in [0.15, 0.2) is 0 Å². The molecule has 0 spiro atoms. The summed E-state index contributed by atoms with van der Waals surface area (Å²) in [6.45, 7) is 0.238. The Labute approximate surface area is 203 Å². The van der Waals surface area contributed by atoms with Crippen molar-refractivity contribution >= 4 is 23.7 Å². The number of amides is 2. The predicted octanol–water partition coefficient (Wildman–Crippen LogP) is 4.57. The van der Waals surface area contributed by atoms with E-state index < -0.39 is 12.1 Å². The lowest BCUT2D eigenvalue weighted by Gasteiger charge is -2.32. The maximum Gasteiger partial charge on any atom is 0.411 e. The number of benzene rings is 3. The van der Waals surface area contributed by atoms with Gasteiger partial charge in [-0.25, -0.2) is 4.79 Å². The number of anilines is 1. The number of carbonyl (C=O) groups excluding carboxylic acids is 2. The van der Waals surface area contributed by atoms with Gasteiger partial charge in [0.2, 0.25) is 5.91 Å². The first-order chi connectivity index (χ1) is 17.0. The molecule has 178 valence electrons. The summed E-state index contributed by atoms with van der Waals surface area (Å²) in [5.41, 5.74) is 6.05. The topological polar surface area (TPSA) is 105 Å². The number of ether oxygens (including phenoxy) is 1. The number of fused-ring (bicyclic) bond motifs is 3. The zero-order valence-electron chi connectivity index (χ0n) is 19.1.